The summed E-state index contributed by atoms with van der Waals surface area (Å²) < 4.78 is 10.7. The second-order valence-corrected chi connectivity index (χ2v) is 8.55. The molecule has 1 aromatic carbocycles. The lowest BCUT2D eigenvalue weighted by atomic mass is 9.61. The first-order valence-corrected chi connectivity index (χ1v) is 10.2. The second-order valence-electron chi connectivity index (χ2n) is 8.55. The molecule has 1 aliphatic carbocycles. The molecule has 4 atom stereocenters. The van der Waals surface area contributed by atoms with Crippen molar-refractivity contribution in [2.24, 2.45) is 11.8 Å². The topological polar surface area (TPSA) is 89.9 Å². The molecule has 1 fully saturated rings. The maximum atomic E-state index is 13.0. The van der Waals surface area contributed by atoms with Gasteiger partial charge in [-0.3, -0.25) is 14.4 Å². The van der Waals surface area contributed by atoms with Crippen LogP contribution in [0.15, 0.2) is 24.3 Å². The van der Waals surface area contributed by atoms with Crippen LogP contribution >= 0.6 is 0 Å². The van der Waals surface area contributed by atoms with Crippen molar-refractivity contribution in [3.63, 3.8) is 0 Å². The van der Waals surface area contributed by atoms with Crippen molar-refractivity contribution in [1.29, 1.82) is 0 Å². The SMILES string of the molecule is CCc1ccc([C@@H]2[C@@H](C(=O)OC(C)C)C(=O)C[C@@](C)(O)[C@@H]2C(=O)OC(C)C)cc1. The standard InChI is InChI=1S/C23H32O6/c1-7-15-8-10-16(11-9-15)18-19(21(25)28-13(2)3)17(24)12-23(6,27)20(18)22(26)29-14(4)5/h8-11,13-14,18-20,27H,7,12H2,1-6H3/t18-,19+,20+,23-/m1/s1. The fourth-order valence-electron chi connectivity index (χ4n) is 4.00. The smallest absolute Gasteiger partial charge is 0.317 e. The van der Waals surface area contributed by atoms with Gasteiger partial charge in [-0.1, -0.05) is 31.2 Å². The normalized spacial score (nSPS) is 27.2. The molecule has 0 spiro atoms. The van der Waals surface area contributed by atoms with E-state index in [1.54, 1.807) is 27.7 Å². The number of benzene rings is 1. The molecule has 0 heterocycles. The van der Waals surface area contributed by atoms with Gasteiger partial charge in [0.15, 0.2) is 5.78 Å². The van der Waals surface area contributed by atoms with Crippen molar-refractivity contribution >= 4 is 17.7 Å². The number of aliphatic hydroxyl groups is 1. The summed E-state index contributed by atoms with van der Waals surface area (Å²) in [7, 11) is 0. The first-order valence-electron chi connectivity index (χ1n) is 10.2. The molecule has 1 aliphatic rings. The molecule has 29 heavy (non-hydrogen) atoms. The summed E-state index contributed by atoms with van der Waals surface area (Å²) in [6, 6.07) is 7.42. The van der Waals surface area contributed by atoms with Crippen LogP contribution in [-0.4, -0.2) is 40.6 Å². The van der Waals surface area contributed by atoms with E-state index in [1.165, 1.54) is 6.92 Å². The molecule has 1 aromatic rings. The number of rotatable bonds is 6. The largest absolute Gasteiger partial charge is 0.463 e. The average molecular weight is 405 g/mol. The number of Topliss-reactive ketones (excluding diaryl/α,β-unsaturated/α-hetero) is 1. The molecule has 1 saturated carbocycles. The van der Waals surface area contributed by atoms with Crippen LogP contribution in [0.3, 0.4) is 0 Å². The maximum Gasteiger partial charge on any atom is 0.317 e. The lowest BCUT2D eigenvalue weighted by Gasteiger charge is -2.44. The van der Waals surface area contributed by atoms with Gasteiger partial charge in [0.05, 0.1) is 23.7 Å². The highest BCUT2D eigenvalue weighted by Crippen LogP contribution is 2.47. The molecule has 6 heteroatoms. The summed E-state index contributed by atoms with van der Waals surface area (Å²) >= 11 is 0. The monoisotopic (exact) mass is 404 g/mol. The van der Waals surface area contributed by atoms with E-state index in [0.717, 1.165) is 12.0 Å². The number of hydrogen-bond donors (Lipinski definition) is 1. The Kier molecular flexibility index (Phi) is 7.22. The Morgan fingerprint density at radius 3 is 2.07 bits per heavy atom. The Morgan fingerprint density at radius 1 is 1.07 bits per heavy atom. The lowest BCUT2D eigenvalue weighted by molar-refractivity contribution is -0.176. The van der Waals surface area contributed by atoms with Crippen LogP contribution in [0.25, 0.3) is 0 Å². The zero-order chi connectivity index (χ0) is 21.9. The minimum Gasteiger partial charge on any atom is -0.463 e. The Balaban J connectivity index is 2.60. The van der Waals surface area contributed by atoms with Crippen molar-refractivity contribution < 1.29 is 29.0 Å². The van der Waals surface area contributed by atoms with E-state index in [2.05, 4.69) is 0 Å². The van der Waals surface area contributed by atoms with Crippen LogP contribution < -0.4 is 0 Å². The minimum absolute atomic E-state index is 0.313. The van der Waals surface area contributed by atoms with E-state index in [-0.39, 0.29) is 12.5 Å². The van der Waals surface area contributed by atoms with Gasteiger partial charge < -0.3 is 14.6 Å². The molecular formula is C23H32O6. The van der Waals surface area contributed by atoms with E-state index >= 15 is 0 Å². The number of ketones is 1. The van der Waals surface area contributed by atoms with E-state index in [4.69, 9.17) is 9.47 Å². The summed E-state index contributed by atoms with van der Waals surface area (Å²) in [5, 5.41) is 11.0. The molecule has 0 amide bonds. The molecule has 1 N–H and O–H groups in total. The summed E-state index contributed by atoms with van der Waals surface area (Å²) in [5.74, 6) is -4.83. The summed E-state index contributed by atoms with van der Waals surface area (Å²) in [4.78, 5) is 38.7. The van der Waals surface area contributed by atoms with E-state index in [0.29, 0.717) is 5.56 Å². The molecule has 0 saturated heterocycles. The highest BCUT2D eigenvalue weighted by Gasteiger charge is 2.57. The first-order chi connectivity index (χ1) is 13.5. The number of esters is 2. The fourth-order valence-corrected chi connectivity index (χ4v) is 4.00. The van der Waals surface area contributed by atoms with Gasteiger partial charge in [0, 0.05) is 12.3 Å². The third kappa shape index (κ3) is 5.24. The van der Waals surface area contributed by atoms with Crippen molar-refractivity contribution in [1.82, 2.24) is 0 Å². The second kappa shape index (κ2) is 9.08. The van der Waals surface area contributed by atoms with Gasteiger partial charge in [-0.15, -0.1) is 0 Å². The molecule has 2 rings (SSSR count). The summed E-state index contributed by atoms with van der Waals surface area (Å²) in [6.45, 7) is 10.3. The first kappa shape index (κ1) is 23.1. The van der Waals surface area contributed by atoms with Crippen LogP contribution in [0.4, 0.5) is 0 Å². The molecule has 160 valence electrons. The molecule has 0 bridgehead atoms. The summed E-state index contributed by atoms with van der Waals surface area (Å²) in [6.07, 6.45) is -0.270. The predicted octanol–water partition coefficient (Wildman–Crippen LogP) is 3.19. The number of aryl methyl sites for hydroxylation is 1. The van der Waals surface area contributed by atoms with Crippen molar-refractivity contribution in [2.75, 3.05) is 0 Å². The zero-order valence-corrected chi connectivity index (χ0v) is 18.1. The Morgan fingerprint density at radius 2 is 1.59 bits per heavy atom. The third-order valence-electron chi connectivity index (χ3n) is 5.25. The number of hydrogen-bond acceptors (Lipinski definition) is 6. The van der Waals surface area contributed by atoms with E-state index in [1.807, 2.05) is 31.2 Å². The number of carbonyl (C=O) groups excluding carboxylic acids is 3. The quantitative estimate of drug-likeness (QED) is 0.578. The van der Waals surface area contributed by atoms with Crippen molar-refractivity contribution in [3.8, 4) is 0 Å². The van der Waals surface area contributed by atoms with Gasteiger partial charge in [-0.2, -0.15) is 0 Å². The van der Waals surface area contributed by atoms with Gasteiger partial charge in [-0.05, 0) is 52.2 Å². The molecule has 0 aromatic heterocycles. The highest BCUT2D eigenvalue weighted by molar-refractivity contribution is 6.02. The number of ether oxygens (including phenoxy) is 2. The molecule has 0 radical (unpaired) electrons. The van der Waals surface area contributed by atoms with Crippen LogP contribution in [0.1, 0.15) is 65.0 Å². The lowest BCUT2D eigenvalue weighted by Crippen LogP contribution is -2.55. The predicted molar refractivity (Wildman–Crippen MR) is 108 cm³/mol. The van der Waals surface area contributed by atoms with Crippen LogP contribution in [0.5, 0.6) is 0 Å². The molecule has 0 aliphatic heterocycles. The van der Waals surface area contributed by atoms with Crippen LogP contribution in [0, 0.1) is 11.8 Å². The van der Waals surface area contributed by atoms with Gasteiger partial charge >= 0.3 is 11.9 Å². The molecule has 6 nitrogen and oxygen atoms in total. The third-order valence-corrected chi connectivity index (χ3v) is 5.25. The zero-order valence-electron chi connectivity index (χ0n) is 18.1. The van der Waals surface area contributed by atoms with Crippen molar-refractivity contribution in [2.45, 2.75) is 78.1 Å². The van der Waals surface area contributed by atoms with E-state index < -0.39 is 47.2 Å². The van der Waals surface area contributed by atoms with Gasteiger partial charge in [0.25, 0.3) is 0 Å². The van der Waals surface area contributed by atoms with Crippen LogP contribution in [-0.2, 0) is 30.3 Å². The van der Waals surface area contributed by atoms with Gasteiger partial charge in [0.2, 0.25) is 0 Å². The number of carbonyl (C=O) groups is 3. The fraction of sp³-hybridized carbons (Fsp3) is 0.609. The van der Waals surface area contributed by atoms with E-state index in [9.17, 15) is 19.5 Å². The Hall–Kier alpha value is -2.21. The molecular weight excluding hydrogens is 372 g/mol. The van der Waals surface area contributed by atoms with Crippen LogP contribution in [0.2, 0.25) is 0 Å². The minimum atomic E-state index is -1.63. The maximum absolute atomic E-state index is 13.0. The molecule has 0 unspecified atom stereocenters. The average Bonchev–Trinajstić information content (AvgIpc) is 2.58. The highest BCUT2D eigenvalue weighted by atomic mass is 16.5. The van der Waals surface area contributed by atoms with Crippen molar-refractivity contribution in [3.05, 3.63) is 35.4 Å². The van der Waals surface area contributed by atoms with Gasteiger partial charge in [0.1, 0.15) is 5.92 Å². The Labute approximate surface area is 172 Å². The summed E-state index contributed by atoms with van der Waals surface area (Å²) in [5.41, 5.74) is 0.0865. The Bertz CT molecular complexity index is 739. The van der Waals surface area contributed by atoms with Gasteiger partial charge in [-0.25, -0.2) is 0 Å².